The number of fused-ring (bicyclic) bond motifs is 4. The Morgan fingerprint density at radius 3 is 2.33 bits per heavy atom. The van der Waals surface area contributed by atoms with Crippen LogP contribution in [0.5, 0.6) is 5.75 Å². The van der Waals surface area contributed by atoms with Gasteiger partial charge in [-0.1, -0.05) is 66.3 Å². The van der Waals surface area contributed by atoms with Gasteiger partial charge in [0.05, 0.1) is 34.5 Å². The Labute approximate surface area is 266 Å². The normalized spacial score (nSPS) is 28.5. The second-order valence-electron chi connectivity index (χ2n) is 12.8. The molecule has 0 spiro atoms. The first-order valence-electron chi connectivity index (χ1n) is 15.5. The lowest BCUT2D eigenvalue weighted by atomic mass is 9.51. The Kier molecular flexibility index (Phi) is 7.10. The second-order valence-corrected chi connectivity index (χ2v) is 12.8. The highest BCUT2D eigenvalue weighted by molar-refractivity contribution is 6.58. The van der Waals surface area contributed by atoms with Crippen molar-refractivity contribution in [2.24, 2.45) is 29.1 Å². The fourth-order valence-electron chi connectivity index (χ4n) is 8.43. The lowest BCUT2D eigenvalue weighted by Gasteiger charge is -2.49. The molecule has 10 heteroatoms. The van der Waals surface area contributed by atoms with Gasteiger partial charge in [0.1, 0.15) is 5.75 Å². The number of phenolic OH excluding ortho intramolecular Hbond substituents is 1. The molecule has 2 aliphatic carbocycles. The van der Waals surface area contributed by atoms with Crippen LogP contribution in [-0.2, 0) is 25.6 Å². The van der Waals surface area contributed by atoms with Crippen LogP contribution < -0.4 is 15.3 Å². The first-order chi connectivity index (χ1) is 22.1. The van der Waals surface area contributed by atoms with E-state index in [-0.39, 0.29) is 41.6 Å². The minimum absolute atomic E-state index is 0.0179. The molecule has 0 bridgehead atoms. The van der Waals surface area contributed by atoms with Crippen molar-refractivity contribution in [3.8, 4) is 5.75 Å². The third kappa shape index (κ3) is 4.17. The lowest BCUT2D eigenvalue weighted by molar-refractivity contribution is -0.131. The predicted octanol–water partition coefficient (Wildman–Crippen LogP) is 3.24. The summed E-state index contributed by atoms with van der Waals surface area (Å²) in [6, 6.07) is 20.2. The number of phenols is 1. The molecule has 232 valence electrons. The molecule has 3 fully saturated rings. The minimum Gasteiger partial charge on any atom is -0.507 e. The molecular weight excluding hydrogens is 583 g/mol. The number of aromatic hydroxyl groups is 1. The van der Waals surface area contributed by atoms with Crippen LogP contribution in [0.15, 0.2) is 97.1 Å². The first kappa shape index (κ1) is 29.9. The average Bonchev–Trinajstić information content (AvgIpc) is 3.42. The van der Waals surface area contributed by atoms with Crippen molar-refractivity contribution in [1.29, 1.82) is 0 Å². The number of carbonyl (C=O) groups excluding carboxylic acids is 4. The first-order valence-corrected chi connectivity index (χ1v) is 15.5. The zero-order valence-electron chi connectivity index (χ0n) is 25.2. The van der Waals surface area contributed by atoms with Gasteiger partial charge in [0.25, 0.3) is 0 Å². The van der Waals surface area contributed by atoms with Crippen LogP contribution in [0, 0.1) is 29.1 Å². The van der Waals surface area contributed by atoms with Crippen molar-refractivity contribution in [2.75, 3.05) is 9.80 Å². The number of hydrogen-bond donors (Lipinski definition) is 3. The highest BCUT2D eigenvalue weighted by Crippen LogP contribution is 2.64. The van der Waals surface area contributed by atoms with Gasteiger partial charge in [-0.05, 0) is 67.4 Å². The SMILES string of the molecule is C=CCc1cccc([C@H]2C3=CC[C@@H]4C(=O)N(c5cccc(B(O)O)c5)C(=O)[C@@H]4[C@@H]3C[C@H]3C(=O)N(c4ccccc4)C(=O)[C@@]23C)c1O. The molecule has 0 aromatic heterocycles. The van der Waals surface area contributed by atoms with Gasteiger partial charge in [0.15, 0.2) is 0 Å². The third-order valence-corrected chi connectivity index (χ3v) is 10.5. The van der Waals surface area contributed by atoms with Crippen LogP contribution in [0.4, 0.5) is 11.4 Å². The van der Waals surface area contributed by atoms with E-state index in [2.05, 4.69) is 6.58 Å². The van der Waals surface area contributed by atoms with Crippen molar-refractivity contribution < 1.29 is 34.3 Å². The van der Waals surface area contributed by atoms with E-state index in [9.17, 15) is 34.3 Å². The molecule has 3 aromatic carbocycles. The van der Waals surface area contributed by atoms with Gasteiger partial charge < -0.3 is 15.2 Å². The fraction of sp³-hybridized carbons (Fsp3) is 0.278. The highest BCUT2D eigenvalue weighted by atomic mass is 16.4. The fourth-order valence-corrected chi connectivity index (χ4v) is 8.43. The smallest absolute Gasteiger partial charge is 0.488 e. The maximum atomic E-state index is 14.5. The Morgan fingerprint density at radius 1 is 0.891 bits per heavy atom. The largest absolute Gasteiger partial charge is 0.507 e. The molecule has 2 saturated heterocycles. The molecule has 4 aliphatic rings. The number of amides is 4. The average molecular weight is 616 g/mol. The number of rotatable bonds is 6. The topological polar surface area (TPSA) is 135 Å². The Balaban J connectivity index is 1.37. The van der Waals surface area contributed by atoms with Crippen molar-refractivity contribution in [3.63, 3.8) is 0 Å². The summed E-state index contributed by atoms with van der Waals surface area (Å²) in [7, 11) is -1.77. The van der Waals surface area contributed by atoms with Gasteiger partial charge in [-0.25, -0.2) is 4.90 Å². The summed E-state index contributed by atoms with van der Waals surface area (Å²) in [6.45, 7) is 5.59. The molecule has 6 atom stereocenters. The quantitative estimate of drug-likeness (QED) is 0.220. The second kappa shape index (κ2) is 10.9. The van der Waals surface area contributed by atoms with Gasteiger partial charge >= 0.3 is 7.12 Å². The summed E-state index contributed by atoms with van der Waals surface area (Å²) in [6.07, 6.45) is 4.44. The number of para-hydroxylation sites is 2. The summed E-state index contributed by atoms with van der Waals surface area (Å²) in [5, 5.41) is 31.1. The van der Waals surface area contributed by atoms with Crippen LogP contribution in [0.1, 0.15) is 36.8 Å². The number of allylic oxidation sites excluding steroid dienone is 3. The van der Waals surface area contributed by atoms with Crippen LogP contribution in [0.2, 0.25) is 0 Å². The summed E-state index contributed by atoms with van der Waals surface area (Å²) in [5.41, 5.74) is 1.46. The Hall–Kier alpha value is -4.80. The molecule has 3 aromatic rings. The van der Waals surface area contributed by atoms with Crippen molar-refractivity contribution >= 4 is 47.6 Å². The zero-order chi connectivity index (χ0) is 32.5. The van der Waals surface area contributed by atoms with Crippen LogP contribution in [-0.4, -0.2) is 45.9 Å². The molecule has 0 unspecified atom stereocenters. The van der Waals surface area contributed by atoms with E-state index in [1.807, 2.05) is 12.1 Å². The van der Waals surface area contributed by atoms with E-state index in [4.69, 9.17) is 0 Å². The monoisotopic (exact) mass is 616 g/mol. The Bertz CT molecular complexity index is 1840. The minimum atomic E-state index is -1.77. The number of nitrogens with zero attached hydrogens (tertiary/aromatic N) is 2. The van der Waals surface area contributed by atoms with Crippen LogP contribution >= 0.6 is 0 Å². The molecule has 9 nitrogen and oxygen atoms in total. The standard InChI is InChI=1S/C36H33BN2O7/c1-3-9-20-10-7-15-26(31(20)40)30-24-16-17-25-29(34(43)38(32(25)41)23-14-8-11-21(18-23)37(45)46)27(24)19-28-33(42)39(35(44)36(28,30)2)22-12-5-4-6-13-22/h3-8,10-16,18,25,27-30,40,45-46H,1,9,17,19H2,2H3/t25-,27+,28-,29-,30+,36+/m0/s1. The number of imide groups is 2. The number of benzene rings is 3. The van der Waals surface area contributed by atoms with Crippen molar-refractivity contribution in [3.05, 3.63) is 108 Å². The molecular formula is C36H33BN2O7. The molecule has 3 N–H and O–H groups in total. The molecule has 46 heavy (non-hydrogen) atoms. The molecule has 7 rings (SSSR count). The predicted molar refractivity (Wildman–Crippen MR) is 172 cm³/mol. The van der Waals surface area contributed by atoms with Crippen LogP contribution in [0.3, 0.4) is 0 Å². The van der Waals surface area contributed by atoms with Gasteiger partial charge in [0, 0.05) is 11.5 Å². The van der Waals surface area contributed by atoms with Crippen molar-refractivity contribution in [2.45, 2.75) is 32.1 Å². The maximum Gasteiger partial charge on any atom is 0.488 e. The van der Waals surface area contributed by atoms with E-state index in [1.165, 1.54) is 17.0 Å². The zero-order valence-corrected chi connectivity index (χ0v) is 25.2. The molecule has 2 heterocycles. The number of carbonyl (C=O) groups is 4. The van der Waals surface area contributed by atoms with E-state index in [0.29, 0.717) is 23.2 Å². The van der Waals surface area contributed by atoms with Crippen molar-refractivity contribution in [1.82, 2.24) is 0 Å². The van der Waals surface area contributed by atoms with Gasteiger partial charge in [-0.3, -0.25) is 24.1 Å². The molecule has 0 radical (unpaired) electrons. The van der Waals surface area contributed by atoms with Gasteiger partial charge in [-0.2, -0.15) is 0 Å². The van der Waals surface area contributed by atoms with Gasteiger partial charge in [0.2, 0.25) is 23.6 Å². The highest BCUT2D eigenvalue weighted by Gasteiger charge is 2.68. The van der Waals surface area contributed by atoms with Crippen LogP contribution in [0.25, 0.3) is 0 Å². The molecule has 1 saturated carbocycles. The van der Waals surface area contributed by atoms with E-state index in [0.717, 1.165) is 10.5 Å². The third-order valence-electron chi connectivity index (χ3n) is 10.5. The number of anilines is 2. The lowest BCUT2D eigenvalue weighted by Crippen LogP contribution is -2.49. The summed E-state index contributed by atoms with van der Waals surface area (Å²) in [5.74, 6) is -5.14. The van der Waals surface area contributed by atoms with E-state index >= 15 is 0 Å². The summed E-state index contributed by atoms with van der Waals surface area (Å²) in [4.78, 5) is 59.3. The van der Waals surface area contributed by atoms with Gasteiger partial charge in [-0.15, -0.1) is 6.58 Å². The maximum absolute atomic E-state index is 14.5. The number of hydrogen-bond acceptors (Lipinski definition) is 7. The summed E-state index contributed by atoms with van der Waals surface area (Å²) < 4.78 is 0. The molecule has 4 amide bonds. The van der Waals surface area contributed by atoms with E-state index < -0.39 is 53.9 Å². The van der Waals surface area contributed by atoms with E-state index in [1.54, 1.807) is 67.6 Å². The Morgan fingerprint density at radius 2 is 1.61 bits per heavy atom. The summed E-state index contributed by atoms with van der Waals surface area (Å²) >= 11 is 0. The molecule has 2 aliphatic heterocycles.